The summed E-state index contributed by atoms with van der Waals surface area (Å²) >= 11 is 1.89. The molecule has 1 saturated heterocycles. The Bertz CT molecular complexity index is 1450. The number of fused-ring (bicyclic) bond motifs is 1. The summed E-state index contributed by atoms with van der Waals surface area (Å²) in [4.78, 5) is 20.8. The van der Waals surface area contributed by atoms with Gasteiger partial charge in [-0.3, -0.25) is 4.90 Å². The van der Waals surface area contributed by atoms with Gasteiger partial charge in [0.05, 0.1) is 22.2 Å². The minimum absolute atomic E-state index is 0.00169. The first-order valence-corrected chi connectivity index (χ1v) is 12.4. The molecule has 2 N–H and O–H groups in total. The molecule has 10 heteroatoms. The standard InChI is InChI=1S/C26H21F4N3O2S/c1-13-31-18-11-16(10-17(26(34)35)25(18)32-13)20-23(29)21(27)19(22(28)24(20)30)15-4-2-14(3-5-15)12-33-6-8-36-9-7-33/h2-5,10-11H,6-9,12H2,1H3,(H,31,32)(H,34,35). The molecular formula is C26H21F4N3O2S. The highest BCUT2D eigenvalue weighted by molar-refractivity contribution is 7.99. The van der Waals surface area contributed by atoms with Gasteiger partial charge in [0.2, 0.25) is 0 Å². The van der Waals surface area contributed by atoms with Gasteiger partial charge in [-0.05, 0) is 35.7 Å². The first kappa shape index (κ1) is 24.3. The lowest BCUT2D eigenvalue weighted by Gasteiger charge is -2.26. The number of halogens is 4. The van der Waals surface area contributed by atoms with E-state index in [-0.39, 0.29) is 27.7 Å². The zero-order valence-corrected chi connectivity index (χ0v) is 20.0. The fraction of sp³-hybridized carbons (Fsp3) is 0.231. The molecule has 3 aromatic carbocycles. The van der Waals surface area contributed by atoms with Crippen LogP contribution in [0.2, 0.25) is 0 Å². The average Bonchev–Trinajstić information content (AvgIpc) is 3.24. The monoisotopic (exact) mass is 515 g/mol. The van der Waals surface area contributed by atoms with Crippen LogP contribution < -0.4 is 0 Å². The SMILES string of the molecule is Cc1nc2c(C(=O)O)cc(-c3c(F)c(F)c(-c4ccc(CN5CCSCC5)cc4)c(F)c3F)cc2[nH]1. The number of aromatic amines is 1. The lowest BCUT2D eigenvalue weighted by Crippen LogP contribution is -2.31. The van der Waals surface area contributed by atoms with Gasteiger partial charge in [-0.15, -0.1) is 0 Å². The van der Waals surface area contributed by atoms with Crippen molar-refractivity contribution in [3.63, 3.8) is 0 Å². The van der Waals surface area contributed by atoms with Gasteiger partial charge in [0, 0.05) is 31.1 Å². The summed E-state index contributed by atoms with van der Waals surface area (Å²) in [6.45, 7) is 4.15. The number of thioether (sulfide) groups is 1. The first-order valence-electron chi connectivity index (χ1n) is 11.2. The van der Waals surface area contributed by atoms with Crippen LogP contribution in [0.1, 0.15) is 21.7 Å². The van der Waals surface area contributed by atoms with E-state index in [1.807, 2.05) is 11.8 Å². The van der Waals surface area contributed by atoms with E-state index in [1.165, 1.54) is 18.2 Å². The Kier molecular flexibility index (Phi) is 6.48. The van der Waals surface area contributed by atoms with E-state index in [4.69, 9.17) is 0 Å². The van der Waals surface area contributed by atoms with E-state index in [1.54, 1.807) is 19.1 Å². The summed E-state index contributed by atoms with van der Waals surface area (Å²) in [5.41, 5.74) is -1.29. The Hall–Kier alpha value is -3.37. The minimum Gasteiger partial charge on any atom is -0.478 e. The number of carbonyl (C=O) groups is 1. The van der Waals surface area contributed by atoms with Gasteiger partial charge in [0.1, 0.15) is 11.3 Å². The number of rotatable bonds is 5. The van der Waals surface area contributed by atoms with Crippen LogP contribution in [0.25, 0.3) is 33.3 Å². The molecule has 0 unspecified atom stereocenters. The third-order valence-corrected chi connectivity index (χ3v) is 7.18. The van der Waals surface area contributed by atoms with Crippen molar-refractivity contribution in [2.75, 3.05) is 24.6 Å². The largest absolute Gasteiger partial charge is 0.478 e. The number of carboxylic acid groups (broad SMARTS) is 1. The Morgan fingerprint density at radius 3 is 2.14 bits per heavy atom. The van der Waals surface area contributed by atoms with Crippen LogP contribution in [0.3, 0.4) is 0 Å². The van der Waals surface area contributed by atoms with Gasteiger partial charge in [-0.25, -0.2) is 27.3 Å². The number of benzene rings is 3. The number of H-pyrrole nitrogens is 1. The molecule has 2 heterocycles. The van der Waals surface area contributed by atoms with E-state index in [0.717, 1.165) is 36.2 Å². The second kappa shape index (κ2) is 9.59. The third-order valence-electron chi connectivity index (χ3n) is 6.24. The zero-order valence-electron chi connectivity index (χ0n) is 19.2. The van der Waals surface area contributed by atoms with Crippen molar-refractivity contribution in [3.8, 4) is 22.3 Å². The topological polar surface area (TPSA) is 69.2 Å². The molecule has 186 valence electrons. The molecule has 4 aromatic rings. The van der Waals surface area contributed by atoms with Gasteiger partial charge in [-0.2, -0.15) is 11.8 Å². The molecule has 0 amide bonds. The second-order valence-corrected chi connectivity index (χ2v) is 9.86. The molecular weight excluding hydrogens is 494 g/mol. The summed E-state index contributed by atoms with van der Waals surface area (Å²) in [5.74, 6) is -5.25. The molecule has 0 radical (unpaired) electrons. The molecule has 0 bridgehead atoms. The fourth-order valence-electron chi connectivity index (χ4n) is 4.48. The van der Waals surface area contributed by atoms with Crippen molar-refractivity contribution in [3.05, 3.63) is 76.6 Å². The van der Waals surface area contributed by atoms with Gasteiger partial charge < -0.3 is 10.1 Å². The summed E-state index contributed by atoms with van der Waals surface area (Å²) in [5, 5.41) is 9.54. The van der Waals surface area contributed by atoms with Gasteiger partial charge >= 0.3 is 5.97 Å². The maximum Gasteiger partial charge on any atom is 0.337 e. The number of hydrogen-bond donors (Lipinski definition) is 2. The van der Waals surface area contributed by atoms with E-state index in [0.29, 0.717) is 12.4 Å². The predicted molar refractivity (Wildman–Crippen MR) is 131 cm³/mol. The van der Waals surface area contributed by atoms with E-state index >= 15 is 17.6 Å². The number of hydrogen-bond acceptors (Lipinski definition) is 4. The van der Waals surface area contributed by atoms with Crippen LogP contribution in [0, 0.1) is 30.2 Å². The minimum atomic E-state index is -1.61. The van der Waals surface area contributed by atoms with Crippen molar-refractivity contribution >= 4 is 28.8 Å². The Morgan fingerprint density at radius 2 is 1.56 bits per heavy atom. The summed E-state index contributed by atoms with van der Waals surface area (Å²) in [7, 11) is 0. The summed E-state index contributed by atoms with van der Waals surface area (Å²) < 4.78 is 60.9. The van der Waals surface area contributed by atoms with Crippen molar-refractivity contribution in [2.45, 2.75) is 13.5 Å². The smallest absolute Gasteiger partial charge is 0.337 e. The molecule has 1 aliphatic rings. The molecule has 0 spiro atoms. The number of aromatic nitrogens is 2. The maximum atomic E-state index is 15.2. The van der Waals surface area contributed by atoms with E-state index in [9.17, 15) is 9.90 Å². The van der Waals surface area contributed by atoms with Crippen molar-refractivity contribution in [1.82, 2.24) is 14.9 Å². The van der Waals surface area contributed by atoms with Crippen LogP contribution >= 0.6 is 11.8 Å². The first-order chi connectivity index (χ1) is 17.2. The molecule has 1 fully saturated rings. The molecule has 0 saturated carbocycles. The highest BCUT2D eigenvalue weighted by Gasteiger charge is 2.28. The highest BCUT2D eigenvalue weighted by atomic mass is 32.2. The number of nitrogens with one attached hydrogen (secondary N) is 1. The quantitative estimate of drug-likeness (QED) is 0.252. The Morgan fingerprint density at radius 1 is 0.972 bits per heavy atom. The second-order valence-electron chi connectivity index (χ2n) is 8.64. The van der Waals surface area contributed by atoms with Gasteiger partial charge in [0.25, 0.3) is 0 Å². The van der Waals surface area contributed by atoms with Crippen LogP contribution in [0.15, 0.2) is 36.4 Å². The lowest BCUT2D eigenvalue weighted by molar-refractivity contribution is 0.0699. The fourth-order valence-corrected chi connectivity index (χ4v) is 5.46. The molecule has 5 rings (SSSR count). The summed E-state index contributed by atoms with van der Waals surface area (Å²) in [6, 6.07) is 8.43. The van der Waals surface area contributed by atoms with Crippen molar-refractivity contribution < 1.29 is 27.5 Å². The Labute approximate surface area is 208 Å². The van der Waals surface area contributed by atoms with Gasteiger partial charge in [-0.1, -0.05) is 24.3 Å². The normalized spacial score (nSPS) is 14.5. The van der Waals surface area contributed by atoms with Crippen LogP contribution in [0.5, 0.6) is 0 Å². The number of aryl methyl sites for hydroxylation is 1. The van der Waals surface area contributed by atoms with E-state index < -0.39 is 40.4 Å². The third kappa shape index (κ3) is 4.35. The van der Waals surface area contributed by atoms with Crippen LogP contribution in [-0.4, -0.2) is 50.5 Å². The number of nitrogens with zero attached hydrogens (tertiary/aromatic N) is 2. The van der Waals surface area contributed by atoms with Crippen LogP contribution in [0.4, 0.5) is 17.6 Å². The molecule has 36 heavy (non-hydrogen) atoms. The Balaban J connectivity index is 1.56. The van der Waals surface area contributed by atoms with Crippen molar-refractivity contribution in [2.24, 2.45) is 0 Å². The van der Waals surface area contributed by atoms with Crippen LogP contribution in [-0.2, 0) is 6.54 Å². The van der Waals surface area contributed by atoms with Crippen molar-refractivity contribution in [1.29, 1.82) is 0 Å². The molecule has 1 aromatic heterocycles. The molecule has 5 nitrogen and oxygen atoms in total. The highest BCUT2D eigenvalue weighted by Crippen LogP contribution is 2.38. The molecule has 0 atom stereocenters. The molecule has 1 aliphatic heterocycles. The zero-order chi connectivity index (χ0) is 25.6. The van der Waals surface area contributed by atoms with Gasteiger partial charge in [0.15, 0.2) is 23.3 Å². The number of aromatic carboxylic acids is 1. The maximum absolute atomic E-state index is 15.2. The predicted octanol–water partition coefficient (Wildman–Crippen LogP) is 6.01. The number of carboxylic acids is 1. The summed E-state index contributed by atoms with van der Waals surface area (Å²) in [6.07, 6.45) is 0. The lowest BCUT2D eigenvalue weighted by atomic mass is 9.95. The molecule has 0 aliphatic carbocycles. The number of imidazole rings is 1. The average molecular weight is 516 g/mol. The van der Waals surface area contributed by atoms with E-state index in [2.05, 4.69) is 14.9 Å².